The van der Waals surface area contributed by atoms with E-state index in [0.717, 1.165) is 0 Å². The van der Waals surface area contributed by atoms with Gasteiger partial charge >= 0.3 is 0 Å². The van der Waals surface area contributed by atoms with E-state index >= 15 is 0 Å². The first-order valence-electron chi connectivity index (χ1n) is 3.58. The first kappa shape index (κ1) is 7.03. The number of likely N-dealkylation sites (N-methyl/N-ethyl adjacent to an activating group) is 1. The van der Waals surface area contributed by atoms with Crippen LogP contribution in [-0.2, 0) is 4.74 Å². The molecule has 1 fully saturated rings. The molecule has 0 aliphatic heterocycles. The van der Waals surface area contributed by atoms with Gasteiger partial charge in [0, 0.05) is 13.2 Å². The molecule has 1 saturated carbocycles. The summed E-state index contributed by atoms with van der Waals surface area (Å²) in [6.45, 7) is 0. The van der Waals surface area contributed by atoms with Crippen LogP contribution in [-0.4, -0.2) is 26.3 Å². The van der Waals surface area contributed by atoms with Crippen LogP contribution in [0.5, 0.6) is 0 Å². The lowest BCUT2D eigenvalue weighted by molar-refractivity contribution is 0.0876. The van der Waals surface area contributed by atoms with E-state index < -0.39 is 0 Å². The van der Waals surface area contributed by atoms with Gasteiger partial charge in [-0.2, -0.15) is 0 Å². The zero-order valence-electron chi connectivity index (χ0n) is 6.18. The third-order valence-corrected chi connectivity index (χ3v) is 2.13. The molecule has 0 spiro atoms. The second-order valence-corrected chi connectivity index (χ2v) is 2.60. The summed E-state index contributed by atoms with van der Waals surface area (Å²) in [5.41, 5.74) is 0. The summed E-state index contributed by atoms with van der Waals surface area (Å²) >= 11 is 0. The number of methoxy groups -OCH3 is 1. The minimum atomic E-state index is 0.468. The average Bonchev–Trinajstić information content (AvgIpc) is 2.33. The van der Waals surface area contributed by atoms with Crippen molar-refractivity contribution in [3.05, 3.63) is 0 Å². The summed E-state index contributed by atoms with van der Waals surface area (Å²) in [6, 6.07) is 0.606. The quantitative estimate of drug-likeness (QED) is 0.594. The molecule has 0 amide bonds. The lowest BCUT2D eigenvalue weighted by Crippen LogP contribution is -2.33. The van der Waals surface area contributed by atoms with E-state index in [4.69, 9.17) is 4.74 Å². The van der Waals surface area contributed by atoms with Gasteiger partial charge in [-0.25, -0.2) is 0 Å². The van der Waals surface area contributed by atoms with Gasteiger partial charge in [0.25, 0.3) is 0 Å². The van der Waals surface area contributed by atoms with E-state index in [0.29, 0.717) is 12.1 Å². The number of hydrogen-bond donors (Lipinski definition) is 1. The van der Waals surface area contributed by atoms with Gasteiger partial charge in [-0.3, -0.25) is 0 Å². The normalized spacial score (nSPS) is 35.3. The van der Waals surface area contributed by atoms with Crippen molar-refractivity contribution >= 4 is 0 Å². The summed E-state index contributed by atoms with van der Waals surface area (Å²) in [4.78, 5) is 0. The van der Waals surface area contributed by atoms with Crippen LogP contribution in [0.3, 0.4) is 0 Å². The summed E-state index contributed by atoms with van der Waals surface area (Å²) in [5.74, 6) is 0. The second kappa shape index (κ2) is 3.18. The van der Waals surface area contributed by atoms with Crippen molar-refractivity contribution in [2.75, 3.05) is 14.2 Å². The van der Waals surface area contributed by atoms with Gasteiger partial charge in [-0.1, -0.05) is 0 Å². The number of rotatable bonds is 2. The monoisotopic (exact) mass is 129 g/mol. The molecule has 0 bridgehead atoms. The zero-order valence-corrected chi connectivity index (χ0v) is 6.18. The highest BCUT2D eigenvalue weighted by Gasteiger charge is 2.24. The van der Waals surface area contributed by atoms with Crippen LogP contribution < -0.4 is 5.32 Å². The summed E-state index contributed by atoms with van der Waals surface area (Å²) in [7, 11) is 3.79. The standard InChI is InChI=1S/C7H15NO/c1-8-6-4-3-5-7(6)9-2/h6-8H,3-5H2,1-2H3/t6?,7-/m0/s1. The smallest absolute Gasteiger partial charge is 0.0724 e. The van der Waals surface area contributed by atoms with Crippen LogP contribution in [0, 0.1) is 0 Å². The van der Waals surface area contributed by atoms with Crippen molar-refractivity contribution in [3.8, 4) is 0 Å². The molecule has 2 atom stereocenters. The topological polar surface area (TPSA) is 21.3 Å². The van der Waals surface area contributed by atoms with E-state index in [-0.39, 0.29) is 0 Å². The molecule has 0 heterocycles. The maximum atomic E-state index is 5.25. The third-order valence-electron chi connectivity index (χ3n) is 2.13. The zero-order chi connectivity index (χ0) is 6.69. The van der Waals surface area contributed by atoms with Crippen molar-refractivity contribution in [2.45, 2.75) is 31.4 Å². The third kappa shape index (κ3) is 1.43. The maximum absolute atomic E-state index is 5.25. The Balaban J connectivity index is 2.32. The first-order chi connectivity index (χ1) is 4.38. The summed E-state index contributed by atoms with van der Waals surface area (Å²) < 4.78 is 5.25. The Morgan fingerprint density at radius 1 is 1.44 bits per heavy atom. The Kier molecular flexibility index (Phi) is 2.49. The highest BCUT2D eigenvalue weighted by molar-refractivity contribution is 4.82. The molecule has 1 aliphatic carbocycles. The molecule has 1 unspecified atom stereocenters. The second-order valence-electron chi connectivity index (χ2n) is 2.60. The van der Waals surface area contributed by atoms with Crippen molar-refractivity contribution in [1.82, 2.24) is 5.32 Å². The minimum Gasteiger partial charge on any atom is -0.380 e. The Hall–Kier alpha value is -0.0800. The number of hydrogen-bond acceptors (Lipinski definition) is 2. The Morgan fingerprint density at radius 3 is 2.67 bits per heavy atom. The Morgan fingerprint density at radius 2 is 2.22 bits per heavy atom. The first-order valence-corrected chi connectivity index (χ1v) is 3.58. The summed E-state index contributed by atoms with van der Waals surface area (Å²) in [5, 5.41) is 3.24. The molecule has 54 valence electrons. The molecule has 0 saturated heterocycles. The van der Waals surface area contributed by atoms with Gasteiger partial charge in [0.05, 0.1) is 6.10 Å². The largest absolute Gasteiger partial charge is 0.380 e. The highest BCUT2D eigenvalue weighted by atomic mass is 16.5. The Bertz CT molecular complexity index is 75.0. The van der Waals surface area contributed by atoms with Crippen molar-refractivity contribution in [1.29, 1.82) is 0 Å². The molecule has 1 aliphatic rings. The van der Waals surface area contributed by atoms with Crippen molar-refractivity contribution < 1.29 is 4.74 Å². The van der Waals surface area contributed by atoms with E-state index in [2.05, 4.69) is 5.32 Å². The Labute approximate surface area is 56.6 Å². The minimum absolute atomic E-state index is 0.468. The predicted octanol–water partition coefficient (Wildman–Crippen LogP) is 0.773. The average molecular weight is 129 g/mol. The van der Waals surface area contributed by atoms with Crippen LogP contribution >= 0.6 is 0 Å². The van der Waals surface area contributed by atoms with Crippen LogP contribution in [0.4, 0.5) is 0 Å². The molecule has 1 rings (SSSR count). The maximum Gasteiger partial charge on any atom is 0.0724 e. The molecule has 1 N–H and O–H groups in total. The van der Waals surface area contributed by atoms with E-state index in [9.17, 15) is 0 Å². The molecule has 2 heteroatoms. The van der Waals surface area contributed by atoms with Crippen LogP contribution in [0.1, 0.15) is 19.3 Å². The highest BCUT2D eigenvalue weighted by Crippen LogP contribution is 2.20. The fraction of sp³-hybridized carbons (Fsp3) is 1.00. The van der Waals surface area contributed by atoms with Gasteiger partial charge in [0.15, 0.2) is 0 Å². The molecule has 0 aromatic rings. The number of ether oxygens (including phenoxy) is 1. The fourth-order valence-electron chi connectivity index (χ4n) is 1.54. The van der Waals surface area contributed by atoms with Gasteiger partial charge < -0.3 is 10.1 Å². The molecule has 2 nitrogen and oxygen atoms in total. The van der Waals surface area contributed by atoms with Crippen LogP contribution in [0.25, 0.3) is 0 Å². The van der Waals surface area contributed by atoms with Crippen LogP contribution in [0.15, 0.2) is 0 Å². The summed E-state index contributed by atoms with van der Waals surface area (Å²) in [6.07, 6.45) is 4.27. The van der Waals surface area contributed by atoms with Gasteiger partial charge in [0.1, 0.15) is 0 Å². The molecule has 0 aromatic carbocycles. The SMILES string of the molecule is CNC1CCC[C@@H]1OC. The fourth-order valence-corrected chi connectivity index (χ4v) is 1.54. The molecular formula is C7H15NO. The predicted molar refractivity (Wildman–Crippen MR) is 37.5 cm³/mol. The molecule has 0 aromatic heterocycles. The lowest BCUT2D eigenvalue weighted by Gasteiger charge is -2.16. The molecule has 9 heavy (non-hydrogen) atoms. The van der Waals surface area contributed by atoms with Gasteiger partial charge in [0.2, 0.25) is 0 Å². The molecular weight excluding hydrogens is 114 g/mol. The van der Waals surface area contributed by atoms with Gasteiger partial charge in [-0.15, -0.1) is 0 Å². The van der Waals surface area contributed by atoms with Crippen LogP contribution in [0.2, 0.25) is 0 Å². The number of nitrogens with one attached hydrogen (secondary N) is 1. The van der Waals surface area contributed by atoms with E-state index in [1.54, 1.807) is 7.11 Å². The van der Waals surface area contributed by atoms with E-state index in [1.807, 2.05) is 7.05 Å². The van der Waals surface area contributed by atoms with Crippen molar-refractivity contribution in [2.24, 2.45) is 0 Å². The molecule has 0 radical (unpaired) electrons. The van der Waals surface area contributed by atoms with Crippen molar-refractivity contribution in [3.63, 3.8) is 0 Å². The lowest BCUT2D eigenvalue weighted by atomic mass is 10.2. The van der Waals surface area contributed by atoms with Gasteiger partial charge in [-0.05, 0) is 26.3 Å². The van der Waals surface area contributed by atoms with E-state index in [1.165, 1.54) is 19.3 Å².